The van der Waals surface area contributed by atoms with Crippen LogP contribution in [0.5, 0.6) is 0 Å². The van der Waals surface area contributed by atoms with E-state index in [0.717, 1.165) is 24.2 Å². The van der Waals surface area contributed by atoms with E-state index in [1.165, 1.54) is 16.9 Å². The van der Waals surface area contributed by atoms with Crippen molar-refractivity contribution in [3.8, 4) is 16.4 Å². The number of carbonyl (C=O) groups excluding carboxylic acids is 1. The minimum absolute atomic E-state index is 0.113. The van der Waals surface area contributed by atoms with Gasteiger partial charge in [-0.3, -0.25) is 4.79 Å². The number of hydrogen-bond donors (Lipinski definition) is 1. The lowest BCUT2D eigenvalue weighted by Crippen LogP contribution is -2.24. The summed E-state index contributed by atoms with van der Waals surface area (Å²) in [4.78, 5) is 17.6. The number of hydrogen-bond acceptors (Lipinski definition) is 6. The highest BCUT2D eigenvalue weighted by atomic mass is 32.1. The van der Waals surface area contributed by atoms with E-state index in [1.807, 2.05) is 26.0 Å². The normalized spacial score (nSPS) is 11.0. The maximum absolute atomic E-state index is 12.4. The van der Waals surface area contributed by atoms with Crippen molar-refractivity contribution in [2.24, 2.45) is 0 Å². The first kappa shape index (κ1) is 20.2. The standard InChI is InChI=1S/C20H25N5O2S/c1-5-15-7-9-16(10-8-15)25-14(3)17(23-24-25)20-22-13(2)18(28-20)19(26)21-11-6-12-27-4/h7-10H,5-6,11-12H2,1-4H3,(H,21,26). The summed E-state index contributed by atoms with van der Waals surface area (Å²) in [6.07, 6.45) is 1.77. The van der Waals surface area contributed by atoms with Gasteiger partial charge in [0.25, 0.3) is 5.91 Å². The molecule has 3 aromatic rings. The van der Waals surface area contributed by atoms with E-state index in [9.17, 15) is 4.79 Å². The van der Waals surface area contributed by atoms with Gasteiger partial charge < -0.3 is 10.1 Å². The summed E-state index contributed by atoms with van der Waals surface area (Å²) in [6.45, 7) is 7.12. The van der Waals surface area contributed by atoms with Crippen LogP contribution in [0.4, 0.5) is 0 Å². The number of carbonyl (C=O) groups is 1. The maximum atomic E-state index is 12.4. The molecule has 1 aromatic carbocycles. The third-order valence-electron chi connectivity index (χ3n) is 4.50. The van der Waals surface area contributed by atoms with Crippen LogP contribution in [0.15, 0.2) is 24.3 Å². The van der Waals surface area contributed by atoms with Crippen LogP contribution in [0.1, 0.15) is 40.0 Å². The third kappa shape index (κ3) is 4.28. The smallest absolute Gasteiger partial charge is 0.263 e. The van der Waals surface area contributed by atoms with Crippen LogP contribution in [-0.4, -0.2) is 46.1 Å². The van der Waals surface area contributed by atoms with Gasteiger partial charge >= 0.3 is 0 Å². The van der Waals surface area contributed by atoms with E-state index >= 15 is 0 Å². The number of benzene rings is 1. The lowest BCUT2D eigenvalue weighted by Gasteiger charge is -2.04. The van der Waals surface area contributed by atoms with Crippen molar-refractivity contribution in [1.82, 2.24) is 25.3 Å². The fraction of sp³-hybridized carbons (Fsp3) is 0.400. The molecule has 0 bridgehead atoms. The molecule has 3 rings (SSSR count). The molecule has 2 heterocycles. The van der Waals surface area contributed by atoms with Gasteiger partial charge in [0.2, 0.25) is 0 Å². The molecule has 1 N–H and O–H groups in total. The van der Waals surface area contributed by atoms with Crippen LogP contribution in [0.25, 0.3) is 16.4 Å². The molecule has 0 saturated heterocycles. The van der Waals surface area contributed by atoms with Gasteiger partial charge in [-0.15, -0.1) is 16.4 Å². The largest absolute Gasteiger partial charge is 0.385 e. The predicted octanol–water partition coefficient (Wildman–Crippen LogP) is 3.34. The fourth-order valence-corrected chi connectivity index (χ4v) is 3.87. The Bertz CT molecular complexity index is 946. The van der Waals surface area contributed by atoms with Crippen molar-refractivity contribution in [3.63, 3.8) is 0 Å². The Balaban J connectivity index is 1.81. The Morgan fingerprint density at radius 2 is 2.00 bits per heavy atom. The van der Waals surface area contributed by atoms with Crippen molar-refractivity contribution >= 4 is 17.2 Å². The SMILES string of the molecule is CCc1ccc(-n2nnc(-c3nc(C)c(C(=O)NCCCOC)s3)c2C)cc1. The number of nitrogens with one attached hydrogen (secondary N) is 1. The average molecular weight is 400 g/mol. The van der Waals surface area contributed by atoms with Crippen molar-refractivity contribution in [2.45, 2.75) is 33.6 Å². The summed E-state index contributed by atoms with van der Waals surface area (Å²) < 4.78 is 6.80. The van der Waals surface area contributed by atoms with Crippen LogP contribution in [0.3, 0.4) is 0 Å². The van der Waals surface area contributed by atoms with Crippen molar-refractivity contribution < 1.29 is 9.53 Å². The van der Waals surface area contributed by atoms with E-state index in [-0.39, 0.29) is 5.91 Å². The quantitative estimate of drug-likeness (QED) is 0.588. The molecule has 0 aliphatic carbocycles. The van der Waals surface area contributed by atoms with E-state index in [0.29, 0.717) is 34.4 Å². The molecule has 1 amide bonds. The molecule has 148 valence electrons. The van der Waals surface area contributed by atoms with E-state index in [2.05, 4.69) is 39.7 Å². The number of aryl methyl sites for hydroxylation is 2. The van der Waals surface area contributed by atoms with Gasteiger partial charge in [0.1, 0.15) is 15.6 Å². The first-order chi connectivity index (χ1) is 13.5. The molecule has 0 saturated carbocycles. The summed E-state index contributed by atoms with van der Waals surface area (Å²) in [6, 6.07) is 8.26. The van der Waals surface area contributed by atoms with Crippen molar-refractivity contribution in [2.75, 3.05) is 20.3 Å². The van der Waals surface area contributed by atoms with Crippen LogP contribution in [-0.2, 0) is 11.2 Å². The number of rotatable bonds is 8. The topological polar surface area (TPSA) is 81.9 Å². The molecular weight excluding hydrogens is 374 g/mol. The number of methoxy groups -OCH3 is 1. The predicted molar refractivity (Wildman–Crippen MR) is 110 cm³/mol. The lowest BCUT2D eigenvalue weighted by molar-refractivity contribution is 0.0952. The molecule has 28 heavy (non-hydrogen) atoms. The zero-order chi connectivity index (χ0) is 20.1. The Morgan fingerprint density at radius 1 is 1.25 bits per heavy atom. The number of amides is 1. The number of ether oxygens (including phenoxy) is 1. The maximum Gasteiger partial charge on any atom is 0.263 e. The molecule has 2 aromatic heterocycles. The summed E-state index contributed by atoms with van der Waals surface area (Å²) >= 11 is 1.34. The average Bonchev–Trinajstić information content (AvgIpc) is 3.27. The van der Waals surface area contributed by atoms with Gasteiger partial charge in [0, 0.05) is 20.3 Å². The summed E-state index contributed by atoms with van der Waals surface area (Å²) in [7, 11) is 1.65. The van der Waals surface area contributed by atoms with E-state index in [4.69, 9.17) is 4.74 Å². The zero-order valence-corrected chi connectivity index (χ0v) is 17.5. The fourth-order valence-electron chi connectivity index (χ4n) is 2.85. The summed E-state index contributed by atoms with van der Waals surface area (Å²) in [5.74, 6) is -0.113. The molecule has 8 heteroatoms. The summed E-state index contributed by atoms with van der Waals surface area (Å²) in [5.41, 5.74) is 4.53. The number of thiazole rings is 1. The second kappa shape index (κ2) is 9.07. The second-order valence-electron chi connectivity index (χ2n) is 6.49. The highest BCUT2D eigenvalue weighted by Crippen LogP contribution is 2.29. The molecule has 0 atom stereocenters. The minimum Gasteiger partial charge on any atom is -0.385 e. The van der Waals surface area contributed by atoms with Crippen LogP contribution < -0.4 is 5.32 Å². The number of aromatic nitrogens is 4. The van der Waals surface area contributed by atoms with Crippen LogP contribution in [0, 0.1) is 13.8 Å². The molecule has 0 radical (unpaired) electrons. The molecular formula is C20H25N5O2S. The Kier molecular flexibility index (Phi) is 6.53. The second-order valence-corrected chi connectivity index (χ2v) is 7.49. The van der Waals surface area contributed by atoms with E-state index in [1.54, 1.807) is 11.8 Å². The molecule has 0 aliphatic heterocycles. The molecule has 0 spiro atoms. The zero-order valence-electron chi connectivity index (χ0n) is 16.7. The molecule has 0 unspecified atom stereocenters. The highest BCUT2D eigenvalue weighted by molar-refractivity contribution is 7.17. The van der Waals surface area contributed by atoms with Gasteiger partial charge in [0.15, 0.2) is 0 Å². The highest BCUT2D eigenvalue weighted by Gasteiger charge is 2.20. The first-order valence-electron chi connectivity index (χ1n) is 9.31. The van der Waals surface area contributed by atoms with Gasteiger partial charge in [-0.1, -0.05) is 24.3 Å². The first-order valence-corrected chi connectivity index (χ1v) is 10.1. The van der Waals surface area contributed by atoms with Crippen LogP contribution in [0.2, 0.25) is 0 Å². The van der Waals surface area contributed by atoms with Crippen molar-refractivity contribution in [3.05, 3.63) is 46.1 Å². The lowest BCUT2D eigenvalue weighted by atomic mass is 10.1. The van der Waals surface area contributed by atoms with Gasteiger partial charge in [-0.05, 0) is 44.4 Å². The van der Waals surface area contributed by atoms with Gasteiger partial charge in [-0.2, -0.15) is 0 Å². The Labute approximate surface area is 168 Å². The Hall–Kier alpha value is -2.58. The van der Waals surface area contributed by atoms with Gasteiger partial charge in [-0.25, -0.2) is 9.67 Å². The minimum atomic E-state index is -0.113. The third-order valence-corrected chi connectivity index (χ3v) is 5.66. The molecule has 0 aliphatic rings. The Morgan fingerprint density at radius 3 is 2.68 bits per heavy atom. The van der Waals surface area contributed by atoms with Crippen LogP contribution >= 0.6 is 11.3 Å². The molecule has 7 nitrogen and oxygen atoms in total. The number of nitrogens with zero attached hydrogens (tertiary/aromatic N) is 4. The van der Waals surface area contributed by atoms with E-state index < -0.39 is 0 Å². The monoisotopic (exact) mass is 399 g/mol. The summed E-state index contributed by atoms with van der Waals surface area (Å²) in [5, 5.41) is 12.2. The van der Waals surface area contributed by atoms with Gasteiger partial charge in [0.05, 0.1) is 17.1 Å². The van der Waals surface area contributed by atoms with Crippen molar-refractivity contribution in [1.29, 1.82) is 0 Å². The molecule has 0 fully saturated rings.